The first-order valence-corrected chi connectivity index (χ1v) is 11.3. The molecule has 1 aliphatic rings. The summed E-state index contributed by atoms with van der Waals surface area (Å²) < 4.78 is 0. The summed E-state index contributed by atoms with van der Waals surface area (Å²) in [7, 11) is 0. The van der Waals surface area contributed by atoms with Gasteiger partial charge >= 0.3 is 0 Å². The van der Waals surface area contributed by atoms with E-state index in [1.54, 1.807) is 0 Å². The molecule has 0 bridgehead atoms. The highest BCUT2D eigenvalue weighted by Gasteiger charge is 2.26. The molecule has 1 fully saturated rings. The zero-order valence-electron chi connectivity index (χ0n) is 18.6. The maximum absolute atomic E-state index is 13.0. The predicted molar refractivity (Wildman–Crippen MR) is 126 cm³/mol. The first kappa shape index (κ1) is 23.0. The smallest absolute Gasteiger partial charge is 0.241 e. The summed E-state index contributed by atoms with van der Waals surface area (Å²) in [6, 6.07) is 17.8. The van der Waals surface area contributed by atoms with E-state index >= 15 is 0 Å². The van der Waals surface area contributed by atoms with E-state index in [0.717, 1.165) is 62.4 Å². The summed E-state index contributed by atoms with van der Waals surface area (Å²) in [6.45, 7) is 8.38. The van der Waals surface area contributed by atoms with Crippen molar-refractivity contribution < 1.29 is 9.59 Å². The number of hydrogen-bond acceptors (Lipinski definition) is 4. The number of nitrogens with zero attached hydrogens (tertiary/aromatic N) is 2. The Balaban J connectivity index is 1.51. The molecule has 1 aliphatic heterocycles. The number of carbonyl (C=O) groups is 2. The zero-order chi connectivity index (χ0) is 22.1. The van der Waals surface area contributed by atoms with Crippen molar-refractivity contribution in [3.8, 4) is 11.1 Å². The van der Waals surface area contributed by atoms with Gasteiger partial charge in [0.05, 0.1) is 12.6 Å². The molecular formula is C25H34N4O2. The van der Waals surface area contributed by atoms with Crippen LogP contribution in [-0.4, -0.2) is 66.9 Å². The van der Waals surface area contributed by atoms with Crippen LogP contribution in [-0.2, 0) is 9.59 Å². The molecule has 0 saturated carbocycles. The number of unbranched alkanes of at least 4 members (excludes halogenated alkanes) is 1. The lowest BCUT2D eigenvalue weighted by molar-refractivity contribution is -0.124. The Bertz CT molecular complexity index is 848. The van der Waals surface area contributed by atoms with Gasteiger partial charge in [-0.2, -0.15) is 0 Å². The Morgan fingerprint density at radius 3 is 2.35 bits per heavy atom. The largest absolute Gasteiger partial charge is 0.355 e. The minimum Gasteiger partial charge on any atom is -0.355 e. The van der Waals surface area contributed by atoms with Crippen LogP contribution >= 0.6 is 0 Å². The number of nitrogens with one attached hydrogen (secondary N) is 2. The lowest BCUT2D eigenvalue weighted by Crippen LogP contribution is -2.54. The fraction of sp³-hybridized carbons (Fsp3) is 0.440. The third-order valence-electron chi connectivity index (χ3n) is 5.82. The normalized spacial score (nSPS) is 15.9. The van der Waals surface area contributed by atoms with E-state index in [9.17, 15) is 9.59 Å². The first-order valence-electron chi connectivity index (χ1n) is 11.3. The van der Waals surface area contributed by atoms with Crippen LogP contribution in [0.15, 0.2) is 54.6 Å². The molecule has 1 atom stereocenters. The molecule has 6 nitrogen and oxygen atoms in total. The van der Waals surface area contributed by atoms with Crippen molar-refractivity contribution in [1.29, 1.82) is 0 Å². The SMILES string of the molecule is CCCCNC(=O)CN1CCN(C(C)C(=O)Nc2ccccc2-c2ccccc2)CC1. The van der Waals surface area contributed by atoms with Crippen molar-refractivity contribution in [3.05, 3.63) is 54.6 Å². The van der Waals surface area contributed by atoms with E-state index in [1.807, 2.05) is 61.5 Å². The van der Waals surface area contributed by atoms with Crippen LogP contribution in [0.1, 0.15) is 26.7 Å². The minimum atomic E-state index is -0.232. The minimum absolute atomic E-state index is 0.00543. The average molecular weight is 423 g/mol. The van der Waals surface area contributed by atoms with E-state index in [-0.39, 0.29) is 17.9 Å². The van der Waals surface area contributed by atoms with Crippen LogP contribution in [0.5, 0.6) is 0 Å². The van der Waals surface area contributed by atoms with Gasteiger partial charge in [0, 0.05) is 44.0 Å². The van der Waals surface area contributed by atoms with Gasteiger partial charge in [-0.3, -0.25) is 19.4 Å². The lowest BCUT2D eigenvalue weighted by atomic mass is 10.0. The van der Waals surface area contributed by atoms with Gasteiger partial charge in [0.25, 0.3) is 0 Å². The number of piperazine rings is 1. The molecule has 0 radical (unpaired) electrons. The van der Waals surface area contributed by atoms with Gasteiger partial charge in [0.1, 0.15) is 0 Å². The van der Waals surface area contributed by atoms with Crippen molar-refractivity contribution >= 4 is 17.5 Å². The molecule has 3 rings (SSSR count). The lowest BCUT2D eigenvalue weighted by Gasteiger charge is -2.37. The number of rotatable bonds is 9. The fourth-order valence-corrected chi connectivity index (χ4v) is 3.84. The quantitative estimate of drug-likeness (QED) is 0.609. The average Bonchev–Trinajstić information content (AvgIpc) is 2.80. The Morgan fingerprint density at radius 2 is 1.65 bits per heavy atom. The summed E-state index contributed by atoms with van der Waals surface area (Å²) in [5, 5.41) is 6.09. The van der Waals surface area contributed by atoms with Crippen molar-refractivity contribution in [3.63, 3.8) is 0 Å². The van der Waals surface area contributed by atoms with Crippen molar-refractivity contribution in [2.75, 3.05) is 44.6 Å². The summed E-state index contributed by atoms with van der Waals surface area (Å²) in [6.07, 6.45) is 2.09. The molecule has 1 heterocycles. The molecule has 0 aliphatic carbocycles. The standard InChI is InChI=1S/C25H34N4O2/c1-3-4-14-26-24(30)19-28-15-17-29(18-16-28)20(2)25(31)27-23-13-9-8-12-22(23)21-10-6-5-7-11-21/h5-13,20H,3-4,14-19H2,1-2H3,(H,26,30)(H,27,31). The maximum atomic E-state index is 13.0. The van der Waals surface area contributed by atoms with Crippen LogP contribution < -0.4 is 10.6 Å². The molecule has 1 saturated heterocycles. The van der Waals surface area contributed by atoms with Gasteiger partial charge in [-0.15, -0.1) is 0 Å². The number of carbonyl (C=O) groups excluding carboxylic acids is 2. The second-order valence-electron chi connectivity index (χ2n) is 8.09. The molecule has 1 unspecified atom stereocenters. The summed E-state index contributed by atoms with van der Waals surface area (Å²) in [5.41, 5.74) is 2.92. The van der Waals surface area contributed by atoms with E-state index in [1.165, 1.54) is 0 Å². The van der Waals surface area contributed by atoms with Gasteiger partial charge in [-0.1, -0.05) is 61.9 Å². The van der Waals surface area contributed by atoms with E-state index < -0.39 is 0 Å². The van der Waals surface area contributed by atoms with Gasteiger partial charge in [0.2, 0.25) is 11.8 Å². The van der Waals surface area contributed by atoms with E-state index in [4.69, 9.17) is 0 Å². The molecule has 2 amide bonds. The third kappa shape index (κ3) is 6.64. The predicted octanol–water partition coefficient (Wildman–Crippen LogP) is 3.21. The Kier molecular flexibility index (Phi) is 8.62. The van der Waals surface area contributed by atoms with E-state index in [2.05, 4.69) is 27.4 Å². The summed E-state index contributed by atoms with van der Waals surface area (Å²) >= 11 is 0. The summed E-state index contributed by atoms with van der Waals surface area (Å²) in [5.74, 6) is 0.0827. The molecule has 2 aromatic carbocycles. The molecule has 2 N–H and O–H groups in total. The highest BCUT2D eigenvalue weighted by Crippen LogP contribution is 2.27. The van der Waals surface area contributed by atoms with Gasteiger partial charge in [-0.25, -0.2) is 0 Å². The van der Waals surface area contributed by atoms with E-state index in [0.29, 0.717) is 6.54 Å². The van der Waals surface area contributed by atoms with Crippen LogP contribution in [0.3, 0.4) is 0 Å². The number of benzene rings is 2. The van der Waals surface area contributed by atoms with Crippen LogP contribution in [0.4, 0.5) is 5.69 Å². The first-order chi connectivity index (χ1) is 15.1. The Hall–Kier alpha value is -2.70. The molecule has 0 spiro atoms. The maximum Gasteiger partial charge on any atom is 0.241 e. The number of para-hydroxylation sites is 1. The van der Waals surface area contributed by atoms with Crippen molar-refractivity contribution in [2.45, 2.75) is 32.7 Å². The van der Waals surface area contributed by atoms with Gasteiger partial charge < -0.3 is 10.6 Å². The zero-order valence-corrected chi connectivity index (χ0v) is 18.6. The van der Waals surface area contributed by atoms with Crippen LogP contribution in [0.2, 0.25) is 0 Å². The molecule has 0 aromatic heterocycles. The second kappa shape index (κ2) is 11.6. The van der Waals surface area contributed by atoms with Gasteiger partial charge in [-0.05, 0) is 25.0 Å². The summed E-state index contributed by atoms with van der Waals surface area (Å²) in [4.78, 5) is 29.3. The highest BCUT2D eigenvalue weighted by atomic mass is 16.2. The number of hydrogen-bond donors (Lipinski definition) is 2. The molecule has 166 valence electrons. The third-order valence-corrected chi connectivity index (χ3v) is 5.82. The molecule has 6 heteroatoms. The van der Waals surface area contributed by atoms with Crippen LogP contribution in [0, 0.1) is 0 Å². The highest BCUT2D eigenvalue weighted by molar-refractivity contribution is 5.98. The Labute approximate surface area is 185 Å². The Morgan fingerprint density at radius 1 is 0.968 bits per heavy atom. The second-order valence-corrected chi connectivity index (χ2v) is 8.09. The molecular weight excluding hydrogens is 388 g/mol. The monoisotopic (exact) mass is 422 g/mol. The number of anilines is 1. The van der Waals surface area contributed by atoms with Gasteiger partial charge in [0.15, 0.2) is 0 Å². The van der Waals surface area contributed by atoms with Crippen molar-refractivity contribution in [1.82, 2.24) is 15.1 Å². The van der Waals surface area contributed by atoms with Crippen LogP contribution in [0.25, 0.3) is 11.1 Å². The van der Waals surface area contributed by atoms with Crippen molar-refractivity contribution in [2.24, 2.45) is 0 Å². The topological polar surface area (TPSA) is 64.7 Å². The fourth-order valence-electron chi connectivity index (χ4n) is 3.84. The molecule has 31 heavy (non-hydrogen) atoms. The number of amides is 2. The molecule has 2 aromatic rings.